The normalized spacial score (nSPS) is 20.0. The average Bonchev–Trinajstić information content (AvgIpc) is 3.16. The molecule has 3 nitrogen and oxygen atoms in total. The van der Waals surface area contributed by atoms with Gasteiger partial charge in [-0.1, -0.05) is 31.0 Å². The van der Waals surface area contributed by atoms with Crippen LogP contribution in [0.1, 0.15) is 47.4 Å². The molecule has 1 aromatic heterocycles. The zero-order valence-corrected chi connectivity index (χ0v) is 12.0. The van der Waals surface area contributed by atoms with Crippen LogP contribution in [-0.4, -0.2) is 16.3 Å². The summed E-state index contributed by atoms with van der Waals surface area (Å²) in [5, 5.41) is 0. The molecule has 0 atom stereocenters. The first kappa shape index (κ1) is 12.7. The van der Waals surface area contributed by atoms with Gasteiger partial charge in [0, 0.05) is 11.1 Å². The molecule has 1 aliphatic heterocycles. The number of amides is 1. The monoisotopic (exact) mass is 281 g/mol. The van der Waals surface area contributed by atoms with E-state index in [1.54, 1.807) is 6.26 Å². The van der Waals surface area contributed by atoms with Gasteiger partial charge in [0.05, 0.1) is 12.8 Å². The molecule has 108 valence electrons. The third-order valence-electron chi connectivity index (χ3n) is 5.01. The molecule has 0 unspecified atom stereocenters. The van der Waals surface area contributed by atoms with Crippen LogP contribution in [0.15, 0.2) is 47.1 Å². The van der Waals surface area contributed by atoms with Crippen molar-refractivity contribution < 1.29 is 9.21 Å². The Morgan fingerprint density at radius 1 is 1.10 bits per heavy atom. The highest BCUT2D eigenvalue weighted by Gasteiger charge is 2.46. The fraction of sp³-hybridized carbons (Fsp3) is 0.389. The van der Waals surface area contributed by atoms with E-state index < -0.39 is 0 Å². The maximum atomic E-state index is 13.0. The number of fused-ring (bicyclic) bond motifs is 1. The lowest BCUT2D eigenvalue weighted by atomic mass is 9.81. The third-order valence-corrected chi connectivity index (χ3v) is 5.01. The van der Waals surface area contributed by atoms with E-state index >= 15 is 0 Å². The number of benzene rings is 1. The number of carbonyl (C=O) groups excluding carboxylic acids is 1. The third kappa shape index (κ3) is 1.99. The Morgan fingerprint density at radius 3 is 2.67 bits per heavy atom. The van der Waals surface area contributed by atoms with Gasteiger partial charge in [-0.25, -0.2) is 0 Å². The van der Waals surface area contributed by atoms with Crippen molar-refractivity contribution in [3.63, 3.8) is 0 Å². The van der Waals surface area contributed by atoms with Crippen molar-refractivity contribution in [3.8, 4) is 0 Å². The molecule has 0 radical (unpaired) electrons. The fourth-order valence-corrected chi connectivity index (χ4v) is 3.97. The van der Waals surface area contributed by atoms with E-state index in [9.17, 15) is 4.79 Å². The Labute approximate surface area is 124 Å². The lowest BCUT2D eigenvalue weighted by Crippen LogP contribution is -2.54. The number of nitrogens with zero attached hydrogens (tertiary/aromatic N) is 1. The highest BCUT2D eigenvalue weighted by molar-refractivity contribution is 5.97. The second-order valence-corrected chi connectivity index (χ2v) is 6.24. The quantitative estimate of drug-likeness (QED) is 0.839. The summed E-state index contributed by atoms with van der Waals surface area (Å²) in [6, 6.07) is 11.9. The second kappa shape index (κ2) is 4.76. The molecule has 2 aromatic rings. The largest absolute Gasteiger partial charge is 0.467 e. The Balaban J connectivity index is 1.76. The van der Waals surface area contributed by atoms with E-state index in [0.29, 0.717) is 6.54 Å². The Morgan fingerprint density at radius 2 is 1.90 bits per heavy atom. The SMILES string of the molecule is O=C1c2ccccc2CC2(CCCC2)N1Cc1ccco1. The molecular formula is C18H19NO2. The fourth-order valence-electron chi connectivity index (χ4n) is 3.97. The molecule has 2 aliphatic rings. The van der Waals surface area contributed by atoms with Gasteiger partial charge < -0.3 is 9.32 Å². The summed E-state index contributed by atoms with van der Waals surface area (Å²) in [4.78, 5) is 15.1. The van der Waals surface area contributed by atoms with Crippen molar-refractivity contribution in [2.45, 2.75) is 44.2 Å². The number of hydrogen-bond acceptors (Lipinski definition) is 2. The number of hydrogen-bond donors (Lipinski definition) is 0. The van der Waals surface area contributed by atoms with E-state index in [1.807, 2.05) is 30.3 Å². The molecule has 1 saturated carbocycles. The lowest BCUT2D eigenvalue weighted by molar-refractivity contribution is 0.0375. The zero-order chi connectivity index (χ0) is 14.3. The van der Waals surface area contributed by atoms with Crippen LogP contribution in [0.25, 0.3) is 0 Å². The van der Waals surface area contributed by atoms with Gasteiger partial charge in [-0.3, -0.25) is 4.79 Å². The van der Waals surface area contributed by atoms with E-state index in [-0.39, 0.29) is 11.4 Å². The van der Waals surface area contributed by atoms with Crippen molar-refractivity contribution in [2.24, 2.45) is 0 Å². The van der Waals surface area contributed by atoms with E-state index in [0.717, 1.165) is 30.6 Å². The molecule has 1 aliphatic carbocycles. The molecule has 1 amide bonds. The Kier molecular flexibility index (Phi) is 2.88. The van der Waals surface area contributed by atoms with Crippen LogP contribution in [-0.2, 0) is 13.0 Å². The minimum absolute atomic E-state index is 0.00176. The summed E-state index contributed by atoms with van der Waals surface area (Å²) in [7, 11) is 0. The van der Waals surface area contributed by atoms with Crippen LogP contribution in [0.2, 0.25) is 0 Å². The smallest absolute Gasteiger partial charge is 0.255 e. The molecule has 0 bridgehead atoms. The standard InChI is InChI=1S/C18H19NO2/c20-17-16-8-2-1-6-14(16)12-18(9-3-4-10-18)19(17)13-15-7-5-11-21-15/h1-2,5-8,11H,3-4,9-10,12-13H2. The molecule has 2 heterocycles. The van der Waals surface area contributed by atoms with Crippen molar-refractivity contribution in [3.05, 3.63) is 59.5 Å². The van der Waals surface area contributed by atoms with Crippen molar-refractivity contribution in [1.82, 2.24) is 4.90 Å². The van der Waals surface area contributed by atoms with Gasteiger partial charge in [0.25, 0.3) is 5.91 Å². The first-order chi connectivity index (χ1) is 10.3. The summed E-state index contributed by atoms with van der Waals surface area (Å²) in [6.45, 7) is 0.583. The number of rotatable bonds is 2. The van der Waals surface area contributed by atoms with Crippen LogP contribution in [0.5, 0.6) is 0 Å². The van der Waals surface area contributed by atoms with E-state index in [4.69, 9.17) is 4.42 Å². The molecule has 4 rings (SSSR count). The average molecular weight is 281 g/mol. The molecule has 21 heavy (non-hydrogen) atoms. The van der Waals surface area contributed by atoms with Crippen LogP contribution in [0.3, 0.4) is 0 Å². The second-order valence-electron chi connectivity index (χ2n) is 6.24. The molecule has 0 saturated heterocycles. The molecule has 1 spiro atoms. The molecule has 3 heteroatoms. The highest BCUT2D eigenvalue weighted by Crippen LogP contribution is 2.43. The Hall–Kier alpha value is -2.03. The first-order valence-corrected chi connectivity index (χ1v) is 7.71. The van der Waals surface area contributed by atoms with Gasteiger partial charge in [0.2, 0.25) is 0 Å². The van der Waals surface area contributed by atoms with Gasteiger partial charge in [0.1, 0.15) is 5.76 Å². The first-order valence-electron chi connectivity index (χ1n) is 7.71. The lowest BCUT2D eigenvalue weighted by Gasteiger charge is -2.45. The van der Waals surface area contributed by atoms with Crippen LogP contribution < -0.4 is 0 Å². The predicted molar refractivity (Wildman–Crippen MR) is 79.9 cm³/mol. The van der Waals surface area contributed by atoms with Gasteiger partial charge in [-0.2, -0.15) is 0 Å². The molecule has 0 N–H and O–H groups in total. The van der Waals surface area contributed by atoms with Crippen molar-refractivity contribution >= 4 is 5.91 Å². The summed E-state index contributed by atoms with van der Waals surface area (Å²) in [6.07, 6.45) is 7.30. The molecular weight excluding hydrogens is 262 g/mol. The van der Waals surface area contributed by atoms with Crippen molar-refractivity contribution in [2.75, 3.05) is 0 Å². The van der Waals surface area contributed by atoms with Gasteiger partial charge in [-0.15, -0.1) is 0 Å². The van der Waals surface area contributed by atoms with E-state index in [2.05, 4.69) is 11.0 Å². The van der Waals surface area contributed by atoms with Crippen molar-refractivity contribution in [1.29, 1.82) is 0 Å². The topological polar surface area (TPSA) is 33.5 Å². The Bertz CT molecular complexity index is 654. The summed E-state index contributed by atoms with van der Waals surface area (Å²) in [5.41, 5.74) is 2.07. The zero-order valence-electron chi connectivity index (χ0n) is 12.0. The van der Waals surface area contributed by atoms with Gasteiger partial charge in [-0.05, 0) is 43.0 Å². The van der Waals surface area contributed by atoms with Crippen LogP contribution in [0, 0.1) is 0 Å². The van der Waals surface area contributed by atoms with Gasteiger partial charge in [0.15, 0.2) is 0 Å². The van der Waals surface area contributed by atoms with E-state index in [1.165, 1.54) is 18.4 Å². The van der Waals surface area contributed by atoms with Crippen LogP contribution >= 0.6 is 0 Å². The summed E-state index contributed by atoms with van der Waals surface area (Å²) >= 11 is 0. The number of furan rings is 1. The maximum absolute atomic E-state index is 13.0. The number of carbonyl (C=O) groups is 1. The predicted octanol–water partition coefficient (Wildman–Crippen LogP) is 3.79. The summed E-state index contributed by atoms with van der Waals surface area (Å²) in [5.74, 6) is 1.03. The summed E-state index contributed by atoms with van der Waals surface area (Å²) < 4.78 is 5.48. The van der Waals surface area contributed by atoms with Crippen LogP contribution in [0.4, 0.5) is 0 Å². The highest BCUT2D eigenvalue weighted by atomic mass is 16.3. The van der Waals surface area contributed by atoms with Gasteiger partial charge >= 0.3 is 0 Å². The maximum Gasteiger partial charge on any atom is 0.255 e. The molecule has 1 aromatic carbocycles. The molecule has 1 fully saturated rings. The minimum atomic E-state index is -0.00176. The minimum Gasteiger partial charge on any atom is -0.467 e.